The highest BCUT2D eigenvalue weighted by atomic mass is 35.5. The highest BCUT2D eigenvalue weighted by Crippen LogP contribution is 2.38. The average molecular weight is 455 g/mol. The van der Waals surface area contributed by atoms with E-state index >= 15 is 0 Å². The van der Waals surface area contributed by atoms with Crippen molar-refractivity contribution in [2.45, 2.75) is 18.6 Å². The second-order valence-corrected chi connectivity index (χ2v) is 8.03. The maximum Gasteiger partial charge on any atom is 0.254 e. The number of ketones is 1. The zero-order chi connectivity index (χ0) is 22.4. The van der Waals surface area contributed by atoms with Crippen molar-refractivity contribution in [1.29, 1.82) is 0 Å². The second-order valence-electron chi connectivity index (χ2n) is 7.62. The number of rotatable bonds is 5. The van der Waals surface area contributed by atoms with Gasteiger partial charge in [-0.1, -0.05) is 35.9 Å². The second kappa shape index (κ2) is 7.98. The van der Waals surface area contributed by atoms with E-state index in [1.165, 1.54) is 13.2 Å². The van der Waals surface area contributed by atoms with Crippen LogP contribution in [-0.4, -0.2) is 46.0 Å². The number of ether oxygens (including phenoxy) is 2. The van der Waals surface area contributed by atoms with Crippen molar-refractivity contribution in [3.63, 3.8) is 0 Å². The van der Waals surface area contributed by atoms with Gasteiger partial charge in [0.15, 0.2) is 0 Å². The number of aliphatic hydroxyl groups excluding tert-OH is 1. The Hall–Kier alpha value is -3.33. The van der Waals surface area contributed by atoms with Crippen LogP contribution in [0.4, 0.5) is 0 Å². The molecule has 5 rings (SSSR count). The molecule has 1 aliphatic heterocycles. The van der Waals surface area contributed by atoms with Gasteiger partial charge in [0.1, 0.15) is 0 Å². The first-order valence-electron chi connectivity index (χ1n) is 9.94. The number of benzene rings is 2. The molecule has 32 heavy (non-hydrogen) atoms. The first-order valence-corrected chi connectivity index (χ1v) is 10.3. The quantitative estimate of drug-likeness (QED) is 0.386. The normalized spacial score (nSPS) is 18.3. The Morgan fingerprint density at radius 3 is 2.69 bits per heavy atom. The summed E-state index contributed by atoms with van der Waals surface area (Å²) in [4.78, 5) is 15.8. The summed E-state index contributed by atoms with van der Waals surface area (Å²) in [6, 6.07) is 12.4. The molecule has 0 bridgehead atoms. The van der Waals surface area contributed by atoms with Crippen LogP contribution >= 0.6 is 11.6 Å². The summed E-state index contributed by atoms with van der Waals surface area (Å²) in [7, 11) is 1.41. The lowest BCUT2D eigenvalue weighted by atomic mass is 9.98. The molecule has 3 N–H and O–H groups in total. The number of halogens is 1. The van der Waals surface area contributed by atoms with E-state index < -0.39 is 11.9 Å². The molecule has 1 aliphatic rings. The number of aliphatic hydroxyl groups is 1. The van der Waals surface area contributed by atoms with Crippen molar-refractivity contribution in [3.8, 4) is 22.9 Å². The Morgan fingerprint density at radius 2 is 2.03 bits per heavy atom. The van der Waals surface area contributed by atoms with E-state index in [1.807, 2.05) is 24.3 Å². The van der Waals surface area contributed by atoms with E-state index in [0.717, 1.165) is 11.1 Å². The number of aromatic nitrogens is 2. The Balaban J connectivity index is 1.54. The topological polar surface area (TPSA) is 118 Å². The van der Waals surface area contributed by atoms with Crippen molar-refractivity contribution >= 4 is 28.3 Å². The molecule has 0 spiro atoms. The molecule has 2 atom stereocenters. The summed E-state index contributed by atoms with van der Waals surface area (Å²) in [5.41, 5.74) is 3.07. The van der Waals surface area contributed by atoms with Gasteiger partial charge < -0.3 is 29.2 Å². The zero-order valence-corrected chi connectivity index (χ0v) is 17.7. The predicted molar refractivity (Wildman–Crippen MR) is 116 cm³/mol. The van der Waals surface area contributed by atoms with Gasteiger partial charge in [0.05, 0.1) is 48.1 Å². The maximum atomic E-state index is 13.0. The molecule has 2 aromatic heterocycles. The van der Waals surface area contributed by atoms with Crippen molar-refractivity contribution in [3.05, 3.63) is 64.4 Å². The minimum absolute atomic E-state index is 0.0571. The third kappa shape index (κ3) is 3.52. The third-order valence-corrected chi connectivity index (χ3v) is 5.90. The molecule has 9 heteroatoms. The summed E-state index contributed by atoms with van der Waals surface area (Å²) < 4.78 is 15.6. The molecule has 4 aromatic rings. The van der Waals surface area contributed by atoms with E-state index in [-0.39, 0.29) is 29.2 Å². The highest BCUT2D eigenvalue weighted by molar-refractivity contribution is 6.34. The van der Waals surface area contributed by atoms with E-state index in [0.29, 0.717) is 34.5 Å². The summed E-state index contributed by atoms with van der Waals surface area (Å²) in [6.45, 7) is 0.333. The standard InChI is InChI=1S/C23H19ClN2O6/c1-30-20-9-19(32-26-20)22(28)21-15-7-14(16(24)8-17(15)25-23(21)29)11-2-4-12(5-3-11)18-6-13(27)10-31-18/h2-5,7-9,13,18,25,27,29H,6,10H2,1H3/t13-,18+/m0/s1. The van der Waals surface area contributed by atoms with Crippen molar-refractivity contribution in [2.24, 2.45) is 0 Å². The summed E-state index contributed by atoms with van der Waals surface area (Å²) in [5, 5.41) is 24.7. The molecule has 164 valence electrons. The van der Waals surface area contributed by atoms with E-state index in [2.05, 4.69) is 10.1 Å². The van der Waals surface area contributed by atoms with E-state index in [1.54, 1.807) is 12.1 Å². The number of hydrogen-bond donors (Lipinski definition) is 3. The van der Waals surface area contributed by atoms with Crippen molar-refractivity contribution < 1.29 is 29.0 Å². The molecule has 0 saturated carbocycles. The molecule has 0 radical (unpaired) electrons. The summed E-state index contributed by atoms with van der Waals surface area (Å²) >= 11 is 6.51. The molecular formula is C23H19ClN2O6. The maximum absolute atomic E-state index is 13.0. The van der Waals surface area contributed by atoms with Crippen LogP contribution in [0.25, 0.3) is 22.0 Å². The van der Waals surface area contributed by atoms with Gasteiger partial charge in [0, 0.05) is 17.4 Å². The molecular weight excluding hydrogens is 436 g/mol. The van der Waals surface area contributed by atoms with Crippen LogP contribution in [0.5, 0.6) is 11.8 Å². The van der Waals surface area contributed by atoms with E-state index in [9.17, 15) is 15.0 Å². The first-order chi connectivity index (χ1) is 15.4. The van der Waals surface area contributed by atoms with Gasteiger partial charge >= 0.3 is 0 Å². The number of carbonyl (C=O) groups is 1. The number of hydrogen-bond acceptors (Lipinski definition) is 7. The fourth-order valence-electron chi connectivity index (χ4n) is 3.96. The fraction of sp³-hybridized carbons (Fsp3) is 0.217. The molecule has 0 unspecified atom stereocenters. The SMILES string of the molecule is COc1cc(C(=O)c2c(O)[nH]c3cc(Cl)c(-c4ccc([C@H]5C[C@H](O)CO5)cc4)cc23)on1. The summed E-state index contributed by atoms with van der Waals surface area (Å²) in [6.07, 6.45) is -0.0214. The zero-order valence-electron chi connectivity index (χ0n) is 17.0. The number of carbonyl (C=O) groups excluding carboxylic acids is 1. The van der Waals surface area contributed by atoms with Gasteiger partial charge in [-0.2, -0.15) is 0 Å². The smallest absolute Gasteiger partial charge is 0.254 e. The van der Waals surface area contributed by atoms with Crippen molar-refractivity contribution in [2.75, 3.05) is 13.7 Å². The van der Waals surface area contributed by atoms with Crippen LogP contribution in [0.3, 0.4) is 0 Å². The number of nitrogens with zero attached hydrogens (tertiary/aromatic N) is 1. The Kier molecular flexibility index (Phi) is 5.13. The van der Waals surface area contributed by atoms with Crippen LogP contribution in [0.2, 0.25) is 5.02 Å². The number of nitrogens with one attached hydrogen (secondary N) is 1. The number of fused-ring (bicyclic) bond motifs is 1. The van der Waals surface area contributed by atoms with Gasteiger partial charge in [0.25, 0.3) is 5.88 Å². The summed E-state index contributed by atoms with van der Waals surface area (Å²) in [5.74, 6) is -0.723. The lowest BCUT2D eigenvalue weighted by Crippen LogP contribution is -2.02. The Morgan fingerprint density at radius 1 is 1.25 bits per heavy atom. The van der Waals surface area contributed by atoms with Crippen LogP contribution in [0.15, 0.2) is 47.0 Å². The molecule has 2 aromatic carbocycles. The number of aromatic hydroxyl groups is 1. The Labute approximate surface area is 187 Å². The molecule has 0 amide bonds. The van der Waals surface area contributed by atoms with Gasteiger partial charge in [0.2, 0.25) is 17.4 Å². The van der Waals surface area contributed by atoms with Gasteiger partial charge in [-0.25, -0.2) is 0 Å². The van der Waals surface area contributed by atoms with Crippen LogP contribution in [0.1, 0.15) is 34.2 Å². The molecule has 1 fully saturated rings. The molecule has 8 nitrogen and oxygen atoms in total. The van der Waals surface area contributed by atoms with Crippen LogP contribution < -0.4 is 4.74 Å². The Bertz CT molecular complexity index is 1310. The monoisotopic (exact) mass is 454 g/mol. The van der Waals surface area contributed by atoms with E-state index in [4.69, 9.17) is 25.6 Å². The largest absolute Gasteiger partial charge is 0.494 e. The van der Waals surface area contributed by atoms with Crippen LogP contribution in [0, 0.1) is 0 Å². The lowest BCUT2D eigenvalue weighted by molar-refractivity contribution is 0.0888. The van der Waals surface area contributed by atoms with Gasteiger partial charge in [-0.3, -0.25) is 4.79 Å². The number of H-pyrrole nitrogens is 1. The number of methoxy groups -OCH3 is 1. The van der Waals surface area contributed by atoms with Gasteiger partial charge in [-0.15, -0.1) is 0 Å². The molecule has 0 aliphatic carbocycles. The third-order valence-electron chi connectivity index (χ3n) is 5.58. The van der Waals surface area contributed by atoms with Gasteiger partial charge in [-0.05, 0) is 28.4 Å². The highest BCUT2D eigenvalue weighted by Gasteiger charge is 2.26. The first kappa shape index (κ1) is 20.6. The van der Waals surface area contributed by atoms with Crippen LogP contribution in [-0.2, 0) is 4.74 Å². The molecule has 1 saturated heterocycles. The minimum Gasteiger partial charge on any atom is -0.494 e. The minimum atomic E-state index is -0.537. The molecule has 3 heterocycles. The van der Waals surface area contributed by atoms with Crippen molar-refractivity contribution in [1.82, 2.24) is 10.1 Å². The average Bonchev–Trinajstić information content (AvgIpc) is 3.51. The number of aromatic amines is 1. The lowest BCUT2D eigenvalue weighted by Gasteiger charge is -2.11. The predicted octanol–water partition coefficient (Wildman–Crippen LogP) is 4.24. The fourth-order valence-corrected chi connectivity index (χ4v) is 4.23.